The number of rotatable bonds is 4. The zero-order valence-electron chi connectivity index (χ0n) is 11.6. The molecule has 0 aromatic heterocycles. The van der Waals surface area contributed by atoms with Crippen molar-refractivity contribution in [2.24, 2.45) is 5.92 Å². The van der Waals surface area contributed by atoms with Gasteiger partial charge in [-0.3, -0.25) is 9.69 Å². The van der Waals surface area contributed by atoms with Gasteiger partial charge in [-0.05, 0) is 44.5 Å². The third kappa shape index (κ3) is 4.03. The Kier molecular flexibility index (Phi) is 5.54. The van der Waals surface area contributed by atoms with Crippen LogP contribution >= 0.6 is 15.9 Å². The van der Waals surface area contributed by atoms with Crippen LogP contribution in [0.1, 0.15) is 25.3 Å². The summed E-state index contributed by atoms with van der Waals surface area (Å²) in [6.07, 6.45) is 1.80. The van der Waals surface area contributed by atoms with E-state index in [4.69, 9.17) is 4.74 Å². The Balaban J connectivity index is 1.99. The van der Waals surface area contributed by atoms with Crippen LogP contribution in [0, 0.1) is 11.7 Å². The molecule has 0 aliphatic carbocycles. The number of likely N-dealkylation sites (tertiary alicyclic amines) is 1. The zero-order chi connectivity index (χ0) is 14.5. The SMILES string of the molecule is CCOC(=O)[C@@H]1CCCN(Cc2cc(Br)ccc2F)C1. The van der Waals surface area contributed by atoms with E-state index in [0.717, 1.165) is 23.9 Å². The van der Waals surface area contributed by atoms with Crippen molar-refractivity contribution in [2.45, 2.75) is 26.3 Å². The predicted octanol–water partition coefficient (Wildman–Crippen LogP) is 3.36. The maximum atomic E-state index is 13.8. The standard InChI is InChI=1S/C15H19BrFNO2/c1-2-20-15(19)11-4-3-7-18(9-11)10-12-8-13(16)5-6-14(12)17/h5-6,8,11H,2-4,7,9-10H2,1H3/t11-/m1/s1. The molecule has 3 nitrogen and oxygen atoms in total. The van der Waals surface area contributed by atoms with Crippen LogP contribution in [0.15, 0.2) is 22.7 Å². The van der Waals surface area contributed by atoms with Gasteiger partial charge in [-0.2, -0.15) is 0 Å². The van der Waals surface area contributed by atoms with Crippen LogP contribution in [0.25, 0.3) is 0 Å². The molecule has 1 aliphatic heterocycles. The van der Waals surface area contributed by atoms with Crippen LogP contribution in [0.4, 0.5) is 4.39 Å². The average molecular weight is 344 g/mol. The molecule has 0 N–H and O–H groups in total. The van der Waals surface area contributed by atoms with Gasteiger partial charge in [-0.1, -0.05) is 15.9 Å². The predicted molar refractivity (Wildman–Crippen MR) is 78.7 cm³/mol. The molecule has 0 radical (unpaired) electrons. The number of benzene rings is 1. The smallest absolute Gasteiger partial charge is 0.310 e. The van der Waals surface area contributed by atoms with Gasteiger partial charge in [-0.25, -0.2) is 4.39 Å². The molecule has 20 heavy (non-hydrogen) atoms. The van der Waals surface area contributed by atoms with Crippen LogP contribution in [0.5, 0.6) is 0 Å². The second-order valence-electron chi connectivity index (χ2n) is 5.06. The Bertz CT molecular complexity index is 481. The minimum absolute atomic E-state index is 0.0843. The van der Waals surface area contributed by atoms with Crippen molar-refractivity contribution in [1.82, 2.24) is 4.90 Å². The Hall–Kier alpha value is -0.940. The van der Waals surface area contributed by atoms with Crippen molar-refractivity contribution in [3.63, 3.8) is 0 Å². The second-order valence-corrected chi connectivity index (χ2v) is 5.98. The Morgan fingerprint density at radius 2 is 2.35 bits per heavy atom. The Morgan fingerprint density at radius 1 is 1.55 bits per heavy atom. The van der Waals surface area contributed by atoms with E-state index in [0.29, 0.717) is 25.3 Å². The third-order valence-corrected chi connectivity index (χ3v) is 4.02. The minimum Gasteiger partial charge on any atom is -0.466 e. The van der Waals surface area contributed by atoms with E-state index in [1.807, 2.05) is 6.92 Å². The molecule has 1 aromatic carbocycles. The van der Waals surface area contributed by atoms with E-state index < -0.39 is 0 Å². The van der Waals surface area contributed by atoms with Gasteiger partial charge in [-0.15, -0.1) is 0 Å². The molecule has 1 aliphatic rings. The number of halogens is 2. The molecule has 0 saturated carbocycles. The molecular formula is C15H19BrFNO2. The topological polar surface area (TPSA) is 29.5 Å². The monoisotopic (exact) mass is 343 g/mol. The first kappa shape index (κ1) is 15.4. The molecule has 2 rings (SSSR count). The summed E-state index contributed by atoms with van der Waals surface area (Å²) in [5.41, 5.74) is 0.656. The van der Waals surface area contributed by atoms with E-state index in [9.17, 15) is 9.18 Å². The largest absolute Gasteiger partial charge is 0.466 e. The van der Waals surface area contributed by atoms with Gasteiger partial charge < -0.3 is 4.74 Å². The summed E-state index contributed by atoms with van der Waals surface area (Å²) in [6.45, 7) is 4.29. The summed E-state index contributed by atoms with van der Waals surface area (Å²) < 4.78 is 19.7. The van der Waals surface area contributed by atoms with E-state index in [1.165, 1.54) is 6.07 Å². The Morgan fingerprint density at radius 3 is 3.10 bits per heavy atom. The number of piperidine rings is 1. The fourth-order valence-corrected chi connectivity index (χ4v) is 2.97. The summed E-state index contributed by atoms with van der Waals surface area (Å²) >= 11 is 3.36. The summed E-state index contributed by atoms with van der Waals surface area (Å²) in [5.74, 6) is -0.419. The second kappa shape index (κ2) is 7.18. The third-order valence-electron chi connectivity index (χ3n) is 3.53. The Labute approximate surface area is 127 Å². The lowest BCUT2D eigenvalue weighted by atomic mass is 9.97. The number of carbonyl (C=O) groups excluding carboxylic acids is 1. The molecule has 1 fully saturated rings. The van der Waals surface area contributed by atoms with Gasteiger partial charge in [0.15, 0.2) is 0 Å². The van der Waals surface area contributed by atoms with Crippen LogP contribution in [-0.2, 0) is 16.1 Å². The zero-order valence-corrected chi connectivity index (χ0v) is 13.2. The molecular weight excluding hydrogens is 325 g/mol. The molecule has 0 amide bonds. The van der Waals surface area contributed by atoms with E-state index in [2.05, 4.69) is 20.8 Å². The highest BCUT2D eigenvalue weighted by molar-refractivity contribution is 9.10. The van der Waals surface area contributed by atoms with Crippen LogP contribution in [0.2, 0.25) is 0 Å². The van der Waals surface area contributed by atoms with Gasteiger partial charge in [0.2, 0.25) is 0 Å². The molecule has 110 valence electrons. The molecule has 1 atom stereocenters. The number of hydrogen-bond acceptors (Lipinski definition) is 3. The highest BCUT2D eigenvalue weighted by atomic mass is 79.9. The van der Waals surface area contributed by atoms with Gasteiger partial charge in [0, 0.05) is 23.1 Å². The van der Waals surface area contributed by atoms with Crippen molar-refractivity contribution >= 4 is 21.9 Å². The van der Waals surface area contributed by atoms with Gasteiger partial charge >= 0.3 is 5.97 Å². The lowest BCUT2D eigenvalue weighted by Crippen LogP contribution is -2.39. The van der Waals surface area contributed by atoms with E-state index in [1.54, 1.807) is 12.1 Å². The molecule has 1 saturated heterocycles. The van der Waals surface area contributed by atoms with Crippen LogP contribution in [-0.4, -0.2) is 30.6 Å². The number of carbonyl (C=O) groups is 1. The van der Waals surface area contributed by atoms with E-state index in [-0.39, 0.29) is 17.7 Å². The van der Waals surface area contributed by atoms with Crippen LogP contribution < -0.4 is 0 Å². The van der Waals surface area contributed by atoms with Crippen molar-refractivity contribution in [2.75, 3.05) is 19.7 Å². The van der Waals surface area contributed by atoms with Crippen LogP contribution in [0.3, 0.4) is 0 Å². The molecule has 5 heteroatoms. The van der Waals surface area contributed by atoms with Crippen molar-refractivity contribution in [3.05, 3.63) is 34.1 Å². The number of nitrogens with zero attached hydrogens (tertiary/aromatic N) is 1. The average Bonchev–Trinajstić information content (AvgIpc) is 2.43. The maximum Gasteiger partial charge on any atom is 0.310 e. The highest BCUT2D eigenvalue weighted by Gasteiger charge is 2.27. The number of hydrogen-bond donors (Lipinski definition) is 0. The number of ether oxygens (including phenoxy) is 1. The minimum atomic E-state index is -0.202. The summed E-state index contributed by atoms with van der Waals surface area (Å²) in [4.78, 5) is 13.9. The van der Waals surface area contributed by atoms with Gasteiger partial charge in [0.1, 0.15) is 5.82 Å². The van der Waals surface area contributed by atoms with Gasteiger partial charge in [0.25, 0.3) is 0 Å². The first-order valence-electron chi connectivity index (χ1n) is 6.93. The van der Waals surface area contributed by atoms with E-state index >= 15 is 0 Å². The lowest BCUT2D eigenvalue weighted by molar-refractivity contribution is -0.150. The molecule has 0 bridgehead atoms. The highest BCUT2D eigenvalue weighted by Crippen LogP contribution is 2.22. The van der Waals surface area contributed by atoms with Gasteiger partial charge in [0.05, 0.1) is 12.5 Å². The number of esters is 1. The van der Waals surface area contributed by atoms with Crippen molar-refractivity contribution < 1.29 is 13.9 Å². The van der Waals surface area contributed by atoms with Crippen molar-refractivity contribution in [3.8, 4) is 0 Å². The quantitative estimate of drug-likeness (QED) is 0.785. The molecule has 1 aromatic rings. The molecule has 1 heterocycles. The lowest BCUT2D eigenvalue weighted by Gasteiger charge is -2.31. The summed E-state index contributed by atoms with van der Waals surface area (Å²) in [6, 6.07) is 4.95. The first-order valence-corrected chi connectivity index (χ1v) is 7.72. The maximum absolute atomic E-state index is 13.8. The van der Waals surface area contributed by atoms with Crippen molar-refractivity contribution in [1.29, 1.82) is 0 Å². The fraction of sp³-hybridized carbons (Fsp3) is 0.533. The summed E-state index contributed by atoms with van der Waals surface area (Å²) in [5, 5.41) is 0. The molecule has 0 unspecified atom stereocenters. The first-order chi connectivity index (χ1) is 9.60. The fourth-order valence-electron chi connectivity index (χ4n) is 2.56. The normalized spacial score (nSPS) is 19.9. The summed E-state index contributed by atoms with van der Waals surface area (Å²) in [7, 11) is 0. The molecule has 0 spiro atoms.